The lowest BCUT2D eigenvalue weighted by Gasteiger charge is -2.06. The van der Waals surface area contributed by atoms with E-state index in [1.165, 1.54) is 24.5 Å². The lowest BCUT2D eigenvalue weighted by molar-refractivity contribution is -0.384. The van der Waals surface area contributed by atoms with Crippen molar-refractivity contribution < 1.29 is 14.1 Å². The molecule has 0 aliphatic carbocycles. The topological polar surface area (TPSA) is 123 Å². The zero-order valence-electron chi connectivity index (χ0n) is 10.3. The quantitative estimate of drug-likeness (QED) is 0.431. The molecule has 0 atom stereocenters. The molecule has 1 aromatic carbocycles. The summed E-state index contributed by atoms with van der Waals surface area (Å²) >= 11 is 0. The van der Waals surface area contributed by atoms with Crippen LogP contribution in [0, 0.1) is 10.1 Å². The summed E-state index contributed by atoms with van der Waals surface area (Å²) in [6, 6.07) is 7.33. The second-order valence-corrected chi connectivity index (χ2v) is 3.90. The number of nitrogens with two attached hydrogens (primary N) is 1. The van der Waals surface area contributed by atoms with Crippen LogP contribution in [0.25, 0.3) is 0 Å². The van der Waals surface area contributed by atoms with Crippen LogP contribution in [0.3, 0.4) is 0 Å². The predicted octanol–water partition coefficient (Wildman–Crippen LogP) is 1.40. The van der Waals surface area contributed by atoms with E-state index in [1.807, 2.05) is 0 Å². The second kappa shape index (κ2) is 5.85. The van der Waals surface area contributed by atoms with E-state index >= 15 is 0 Å². The lowest BCUT2D eigenvalue weighted by atomic mass is 10.1. The SMILES string of the molecule is NNc1cc(C(=O)NCc2ccco2)ccc1[N+](=O)[O-]. The van der Waals surface area contributed by atoms with Crippen molar-refractivity contribution in [3.8, 4) is 0 Å². The summed E-state index contributed by atoms with van der Waals surface area (Å²) < 4.78 is 5.08. The molecule has 8 heteroatoms. The first kappa shape index (κ1) is 13.6. The van der Waals surface area contributed by atoms with Gasteiger partial charge in [-0.25, -0.2) is 0 Å². The van der Waals surface area contributed by atoms with Crippen LogP contribution < -0.4 is 16.6 Å². The molecule has 104 valence electrons. The van der Waals surface area contributed by atoms with Gasteiger partial charge in [-0.2, -0.15) is 0 Å². The van der Waals surface area contributed by atoms with Crippen LogP contribution >= 0.6 is 0 Å². The molecule has 0 saturated carbocycles. The average molecular weight is 276 g/mol. The molecule has 0 aliphatic heterocycles. The van der Waals surface area contributed by atoms with Crippen LogP contribution in [0.4, 0.5) is 11.4 Å². The summed E-state index contributed by atoms with van der Waals surface area (Å²) in [6.07, 6.45) is 1.50. The molecule has 1 heterocycles. The fourth-order valence-electron chi connectivity index (χ4n) is 1.63. The number of furan rings is 1. The third kappa shape index (κ3) is 2.93. The van der Waals surface area contributed by atoms with Crippen molar-refractivity contribution in [2.24, 2.45) is 5.84 Å². The lowest BCUT2D eigenvalue weighted by Crippen LogP contribution is -2.23. The number of hydrogen-bond donors (Lipinski definition) is 3. The van der Waals surface area contributed by atoms with Crippen molar-refractivity contribution in [2.45, 2.75) is 6.54 Å². The zero-order valence-corrected chi connectivity index (χ0v) is 10.3. The van der Waals surface area contributed by atoms with E-state index in [-0.39, 0.29) is 29.4 Å². The van der Waals surface area contributed by atoms with E-state index in [9.17, 15) is 14.9 Å². The molecule has 0 spiro atoms. The van der Waals surface area contributed by atoms with Crippen LogP contribution in [0.1, 0.15) is 16.1 Å². The highest BCUT2D eigenvalue weighted by Gasteiger charge is 2.16. The zero-order chi connectivity index (χ0) is 14.5. The van der Waals surface area contributed by atoms with E-state index in [0.717, 1.165) is 0 Å². The van der Waals surface area contributed by atoms with Gasteiger partial charge in [0.2, 0.25) is 0 Å². The minimum absolute atomic E-state index is 0.0700. The number of anilines is 1. The maximum Gasteiger partial charge on any atom is 0.293 e. The third-order valence-electron chi connectivity index (χ3n) is 2.61. The molecule has 8 nitrogen and oxygen atoms in total. The van der Waals surface area contributed by atoms with Gasteiger partial charge in [-0.1, -0.05) is 0 Å². The highest BCUT2D eigenvalue weighted by molar-refractivity contribution is 5.95. The average Bonchev–Trinajstić information content (AvgIpc) is 2.97. The van der Waals surface area contributed by atoms with Crippen molar-refractivity contribution in [1.82, 2.24) is 5.32 Å². The number of carbonyl (C=O) groups excluding carboxylic acids is 1. The number of rotatable bonds is 5. The summed E-state index contributed by atoms with van der Waals surface area (Å²) in [5.74, 6) is 5.43. The Morgan fingerprint density at radius 1 is 1.40 bits per heavy atom. The molecule has 0 fully saturated rings. The number of carbonyl (C=O) groups is 1. The van der Waals surface area contributed by atoms with Crippen molar-refractivity contribution in [3.05, 3.63) is 58.0 Å². The van der Waals surface area contributed by atoms with Crippen molar-refractivity contribution >= 4 is 17.3 Å². The summed E-state index contributed by atoms with van der Waals surface area (Å²) in [4.78, 5) is 22.1. The number of benzene rings is 1. The van der Waals surface area contributed by atoms with E-state index in [1.54, 1.807) is 12.1 Å². The Bertz CT molecular complexity index is 624. The monoisotopic (exact) mass is 276 g/mol. The minimum Gasteiger partial charge on any atom is -0.467 e. The molecule has 0 unspecified atom stereocenters. The van der Waals surface area contributed by atoms with E-state index in [0.29, 0.717) is 5.76 Å². The van der Waals surface area contributed by atoms with Gasteiger partial charge in [0.05, 0.1) is 17.7 Å². The highest BCUT2D eigenvalue weighted by atomic mass is 16.6. The largest absolute Gasteiger partial charge is 0.467 e. The summed E-state index contributed by atoms with van der Waals surface area (Å²) in [5, 5.41) is 13.4. The first-order valence-electron chi connectivity index (χ1n) is 5.67. The van der Waals surface area contributed by atoms with Crippen molar-refractivity contribution in [3.63, 3.8) is 0 Å². The van der Waals surface area contributed by atoms with Crippen LogP contribution in [-0.2, 0) is 6.54 Å². The molecule has 2 aromatic rings. The predicted molar refractivity (Wildman–Crippen MR) is 70.8 cm³/mol. The first-order valence-corrected chi connectivity index (χ1v) is 5.67. The van der Waals surface area contributed by atoms with Crippen LogP contribution in [0.2, 0.25) is 0 Å². The van der Waals surface area contributed by atoms with Gasteiger partial charge in [0.1, 0.15) is 11.4 Å². The van der Waals surface area contributed by atoms with Gasteiger partial charge < -0.3 is 15.2 Å². The van der Waals surface area contributed by atoms with Gasteiger partial charge in [0, 0.05) is 11.6 Å². The van der Waals surface area contributed by atoms with Crippen LogP contribution in [-0.4, -0.2) is 10.8 Å². The number of nitrogens with one attached hydrogen (secondary N) is 2. The minimum atomic E-state index is -0.584. The van der Waals surface area contributed by atoms with Crippen LogP contribution in [0.5, 0.6) is 0 Å². The Morgan fingerprint density at radius 2 is 2.20 bits per heavy atom. The van der Waals surface area contributed by atoms with Gasteiger partial charge >= 0.3 is 0 Å². The summed E-state index contributed by atoms with van der Waals surface area (Å²) in [5.41, 5.74) is 2.33. The molecule has 0 aliphatic rings. The number of hydrazine groups is 1. The Kier molecular flexibility index (Phi) is 3.96. The molecular weight excluding hydrogens is 264 g/mol. The molecule has 1 amide bonds. The standard InChI is InChI=1S/C12H12N4O4/c13-15-10-6-8(3-4-11(10)16(18)19)12(17)14-7-9-2-1-5-20-9/h1-6,15H,7,13H2,(H,14,17). The van der Waals surface area contributed by atoms with Crippen molar-refractivity contribution in [1.29, 1.82) is 0 Å². The van der Waals surface area contributed by atoms with Gasteiger partial charge in [-0.05, 0) is 24.3 Å². The van der Waals surface area contributed by atoms with E-state index in [2.05, 4.69) is 10.7 Å². The Hall–Kier alpha value is -2.87. The summed E-state index contributed by atoms with van der Waals surface area (Å²) in [7, 11) is 0. The summed E-state index contributed by atoms with van der Waals surface area (Å²) in [6.45, 7) is 0.230. The Balaban J connectivity index is 2.12. The molecule has 1 aromatic heterocycles. The number of amides is 1. The van der Waals surface area contributed by atoms with Gasteiger partial charge in [-0.3, -0.25) is 20.8 Å². The number of nitro benzene ring substituents is 1. The van der Waals surface area contributed by atoms with Crippen molar-refractivity contribution in [2.75, 3.05) is 5.43 Å². The first-order chi connectivity index (χ1) is 9.61. The number of nitrogen functional groups attached to an aromatic ring is 1. The van der Waals surface area contributed by atoms with Gasteiger partial charge in [-0.15, -0.1) is 0 Å². The molecule has 2 rings (SSSR count). The molecule has 4 N–H and O–H groups in total. The fraction of sp³-hybridized carbons (Fsp3) is 0.0833. The van der Waals surface area contributed by atoms with E-state index in [4.69, 9.17) is 10.3 Å². The van der Waals surface area contributed by atoms with Gasteiger partial charge in [0.25, 0.3) is 11.6 Å². The molecular formula is C12H12N4O4. The molecule has 0 saturated heterocycles. The highest BCUT2D eigenvalue weighted by Crippen LogP contribution is 2.24. The Morgan fingerprint density at radius 3 is 2.80 bits per heavy atom. The number of hydrogen-bond acceptors (Lipinski definition) is 6. The number of nitrogens with zero attached hydrogens (tertiary/aromatic N) is 1. The Labute approximate surface area is 113 Å². The normalized spacial score (nSPS) is 10.1. The third-order valence-corrected chi connectivity index (χ3v) is 2.61. The smallest absolute Gasteiger partial charge is 0.293 e. The number of nitro groups is 1. The maximum atomic E-state index is 11.9. The molecule has 20 heavy (non-hydrogen) atoms. The maximum absolute atomic E-state index is 11.9. The second-order valence-electron chi connectivity index (χ2n) is 3.90. The van der Waals surface area contributed by atoms with Gasteiger partial charge in [0.15, 0.2) is 0 Å². The molecule has 0 radical (unpaired) electrons. The van der Waals surface area contributed by atoms with E-state index < -0.39 is 4.92 Å². The fourth-order valence-corrected chi connectivity index (χ4v) is 1.63. The van der Waals surface area contributed by atoms with Crippen LogP contribution in [0.15, 0.2) is 41.0 Å². The molecule has 0 bridgehead atoms.